The van der Waals surface area contributed by atoms with Gasteiger partial charge >= 0.3 is 0 Å². The highest BCUT2D eigenvalue weighted by molar-refractivity contribution is 5.57. The molecule has 2 unspecified atom stereocenters. The zero-order valence-corrected chi connectivity index (χ0v) is 14.1. The van der Waals surface area contributed by atoms with Crippen LogP contribution in [0.5, 0.6) is 0 Å². The van der Waals surface area contributed by atoms with Crippen LogP contribution in [-0.2, 0) is 6.42 Å². The first-order chi connectivity index (χ1) is 10.2. The van der Waals surface area contributed by atoms with Crippen LogP contribution in [-0.4, -0.2) is 13.1 Å². The zero-order valence-electron chi connectivity index (χ0n) is 14.1. The van der Waals surface area contributed by atoms with E-state index in [2.05, 4.69) is 43.9 Å². The number of fused-ring (bicyclic) bond motifs is 1. The van der Waals surface area contributed by atoms with Gasteiger partial charge in [-0.2, -0.15) is 0 Å². The molecule has 1 aromatic carbocycles. The topological polar surface area (TPSA) is 29.3 Å². The number of benzene rings is 1. The SMILES string of the molecule is CCCCC(CC)CN1CCCc2cc(C(C)N)ccc21. The second-order valence-electron chi connectivity index (χ2n) is 6.64. The summed E-state index contributed by atoms with van der Waals surface area (Å²) in [5.74, 6) is 0.837. The molecule has 0 bridgehead atoms. The molecule has 1 aliphatic heterocycles. The van der Waals surface area contributed by atoms with Crippen LogP contribution < -0.4 is 10.6 Å². The number of hydrogen-bond donors (Lipinski definition) is 1. The molecule has 0 spiro atoms. The van der Waals surface area contributed by atoms with Crippen molar-refractivity contribution in [1.82, 2.24) is 0 Å². The molecule has 1 heterocycles. The van der Waals surface area contributed by atoms with Crippen molar-refractivity contribution in [1.29, 1.82) is 0 Å². The summed E-state index contributed by atoms with van der Waals surface area (Å²) in [4.78, 5) is 2.62. The molecule has 0 aliphatic carbocycles. The van der Waals surface area contributed by atoms with Crippen LogP contribution in [0.25, 0.3) is 0 Å². The standard InChI is InChI=1S/C19H32N2/c1-4-6-8-16(5-2)14-21-12-7-9-18-13-17(15(3)20)10-11-19(18)21/h10-11,13,15-16H,4-9,12,14,20H2,1-3H3. The number of nitrogens with zero attached hydrogens (tertiary/aromatic N) is 1. The lowest BCUT2D eigenvalue weighted by Gasteiger charge is -2.34. The summed E-state index contributed by atoms with van der Waals surface area (Å²) in [6.07, 6.45) is 7.83. The van der Waals surface area contributed by atoms with E-state index in [1.807, 2.05) is 0 Å². The van der Waals surface area contributed by atoms with Gasteiger partial charge in [-0.25, -0.2) is 0 Å². The van der Waals surface area contributed by atoms with Crippen LogP contribution in [0.3, 0.4) is 0 Å². The summed E-state index contributed by atoms with van der Waals surface area (Å²) in [6.45, 7) is 9.14. The molecule has 118 valence electrons. The lowest BCUT2D eigenvalue weighted by atomic mass is 9.94. The number of anilines is 1. The number of hydrogen-bond acceptors (Lipinski definition) is 2. The molecule has 2 nitrogen and oxygen atoms in total. The second kappa shape index (κ2) is 7.84. The Hall–Kier alpha value is -1.02. The Kier molecular flexibility index (Phi) is 6.10. The Morgan fingerprint density at radius 2 is 2.10 bits per heavy atom. The van der Waals surface area contributed by atoms with Gasteiger partial charge in [0.05, 0.1) is 0 Å². The predicted molar refractivity (Wildman–Crippen MR) is 92.9 cm³/mol. The minimum Gasteiger partial charge on any atom is -0.371 e. The first kappa shape index (κ1) is 16.4. The molecular formula is C19H32N2. The molecule has 2 atom stereocenters. The number of rotatable bonds is 7. The van der Waals surface area contributed by atoms with Gasteiger partial charge in [0.2, 0.25) is 0 Å². The summed E-state index contributed by atoms with van der Waals surface area (Å²) >= 11 is 0. The van der Waals surface area contributed by atoms with Crippen molar-refractivity contribution in [2.45, 2.75) is 65.3 Å². The lowest BCUT2D eigenvalue weighted by molar-refractivity contribution is 0.441. The molecule has 2 rings (SSSR count). The van der Waals surface area contributed by atoms with E-state index in [0.717, 1.165) is 5.92 Å². The highest BCUT2D eigenvalue weighted by Crippen LogP contribution is 2.31. The van der Waals surface area contributed by atoms with Gasteiger partial charge < -0.3 is 10.6 Å². The van der Waals surface area contributed by atoms with E-state index in [9.17, 15) is 0 Å². The van der Waals surface area contributed by atoms with Crippen molar-refractivity contribution in [2.75, 3.05) is 18.0 Å². The van der Waals surface area contributed by atoms with E-state index >= 15 is 0 Å². The number of aryl methyl sites for hydroxylation is 1. The van der Waals surface area contributed by atoms with E-state index in [4.69, 9.17) is 5.73 Å². The fraction of sp³-hybridized carbons (Fsp3) is 0.684. The first-order valence-corrected chi connectivity index (χ1v) is 8.79. The van der Waals surface area contributed by atoms with Crippen molar-refractivity contribution < 1.29 is 0 Å². The van der Waals surface area contributed by atoms with Crippen LogP contribution in [0.1, 0.15) is 70.0 Å². The average Bonchev–Trinajstić information content (AvgIpc) is 2.50. The minimum absolute atomic E-state index is 0.138. The van der Waals surface area contributed by atoms with E-state index in [0.29, 0.717) is 0 Å². The Bertz CT molecular complexity index is 439. The molecule has 2 heteroatoms. The molecular weight excluding hydrogens is 256 g/mol. The van der Waals surface area contributed by atoms with Crippen molar-refractivity contribution >= 4 is 5.69 Å². The van der Waals surface area contributed by atoms with Crippen LogP contribution in [0.4, 0.5) is 5.69 Å². The van der Waals surface area contributed by atoms with Gasteiger partial charge in [-0.05, 0) is 49.3 Å². The normalized spacial score (nSPS) is 17.4. The molecule has 0 saturated heterocycles. The Morgan fingerprint density at radius 1 is 1.29 bits per heavy atom. The third-order valence-electron chi connectivity index (χ3n) is 4.87. The van der Waals surface area contributed by atoms with Gasteiger partial charge in [0.15, 0.2) is 0 Å². The Balaban J connectivity index is 2.10. The molecule has 0 saturated carbocycles. The van der Waals surface area contributed by atoms with Gasteiger partial charge in [0, 0.05) is 24.8 Å². The lowest BCUT2D eigenvalue weighted by Crippen LogP contribution is -2.34. The monoisotopic (exact) mass is 288 g/mol. The first-order valence-electron chi connectivity index (χ1n) is 8.79. The largest absolute Gasteiger partial charge is 0.371 e. The average molecular weight is 288 g/mol. The molecule has 1 aromatic rings. The predicted octanol–water partition coefficient (Wildman–Crippen LogP) is 4.68. The molecule has 2 N–H and O–H groups in total. The van der Waals surface area contributed by atoms with Crippen molar-refractivity contribution in [3.05, 3.63) is 29.3 Å². The van der Waals surface area contributed by atoms with Gasteiger partial charge in [0.25, 0.3) is 0 Å². The molecule has 0 aromatic heterocycles. The maximum atomic E-state index is 6.03. The highest BCUT2D eigenvalue weighted by Gasteiger charge is 2.20. The van der Waals surface area contributed by atoms with Gasteiger partial charge in [-0.3, -0.25) is 0 Å². The maximum Gasteiger partial charge on any atom is 0.0399 e. The Morgan fingerprint density at radius 3 is 2.76 bits per heavy atom. The zero-order chi connectivity index (χ0) is 15.2. The van der Waals surface area contributed by atoms with E-state index < -0.39 is 0 Å². The van der Waals surface area contributed by atoms with Crippen LogP contribution in [0.2, 0.25) is 0 Å². The van der Waals surface area contributed by atoms with Crippen LogP contribution >= 0.6 is 0 Å². The highest BCUT2D eigenvalue weighted by atomic mass is 15.1. The second-order valence-corrected chi connectivity index (χ2v) is 6.64. The summed E-state index contributed by atoms with van der Waals surface area (Å²) in [7, 11) is 0. The number of unbranched alkanes of at least 4 members (excludes halogenated alkanes) is 1. The van der Waals surface area contributed by atoms with Crippen molar-refractivity contribution in [3.63, 3.8) is 0 Å². The summed E-state index contributed by atoms with van der Waals surface area (Å²) < 4.78 is 0. The smallest absolute Gasteiger partial charge is 0.0399 e. The van der Waals surface area contributed by atoms with Crippen LogP contribution in [0.15, 0.2) is 18.2 Å². The Labute approximate surface area is 130 Å². The summed E-state index contributed by atoms with van der Waals surface area (Å²) in [5, 5.41) is 0. The minimum atomic E-state index is 0.138. The van der Waals surface area contributed by atoms with Gasteiger partial charge in [-0.15, -0.1) is 0 Å². The van der Waals surface area contributed by atoms with E-state index in [1.165, 1.54) is 68.4 Å². The fourth-order valence-electron chi connectivity index (χ4n) is 3.40. The molecule has 0 radical (unpaired) electrons. The van der Waals surface area contributed by atoms with Gasteiger partial charge in [0.1, 0.15) is 0 Å². The third kappa shape index (κ3) is 4.23. The fourth-order valence-corrected chi connectivity index (χ4v) is 3.40. The van der Waals surface area contributed by atoms with Gasteiger partial charge in [-0.1, -0.05) is 45.2 Å². The molecule has 21 heavy (non-hydrogen) atoms. The third-order valence-corrected chi connectivity index (χ3v) is 4.87. The quantitative estimate of drug-likeness (QED) is 0.789. The number of nitrogens with two attached hydrogens (primary N) is 1. The van der Waals surface area contributed by atoms with E-state index in [1.54, 1.807) is 0 Å². The molecule has 0 fully saturated rings. The van der Waals surface area contributed by atoms with Crippen molar-refractivity contribution in [3.8, 4) is 0 Å². The molecule has 1 aliphatic rings. The summed E-state index contributed by atoms with van der Waals surface area (Å²) in [6, 6.07) is 6.99. The van der Waals surface area contributed by atoms with Crippen molar-refractivity contribution in [2.24, 2.45) is 11.7 Å². The maximum absolute atomic E-state index is 6.03. The van der Waals surface area contributed by atoms with E-state index in [-0.39, 0.29) is 6.04 Å². The van der Waals surface area contributed by atoms with Crippen LogP contribution in [0, 0.1) is 5.92 Å². The molecule has 0 amide bonds. The summed E-state index contributed by atoms with van der Waals surface area (Å²) in [5.41, 5.74) is 10.3.